The molecule has 0 saturated carbocycles. The molecule has 0 aliphatic carbocycles. The largest absolute Gasteiger partial charge is 0.366 e. The van der Waals surface area contributed by atoms with Crippen molar-refractivity contribution < 1.29 is 26.7 Å². The van der Waals surface area contributed by atoms with Gasteiger partial charge in [0.1, 0.15) is 0 Å². The van der Waals surface area contributed by atoms with E-state index in [1.165, 1.54) is 12.1 Å². The van der Waals surface area contributed by atoms with Crippen molar-refractivity contribution in [1.29, 1.82) is 0 Å². The monoisotopic (exact) mass is 227 g/mol. The topological polar surface area (TPSA) is 86.2 Å². The second kappa shape index (κ2) is 4.64. The van der Waals surface area contributed by atoms with Gasteiger partial charge in [-0.1, -0.05) is 12.1 Å². The van der Waals surface area contributed by atoms with Crippen LogP contribution in [0.1, 0.15) is 20.7 Å². The van der Waals surface area contributed by atoms with Gasteiger partial charge in [-0.05, 0) is 12.1 Å². The molecule has 5 heteroatoms. The van der Waals surface area contributed by atoms with Crippen LogP contribution in [0.2, 0.25) is 0 Å². The fraction of sp³-hybridized carbons (Fsp3) is 0. The second-order valence-electron chi connectivity index (χ2n) is 2.27. The van der Waals surface area contributed by atoms with Crippen LogP contribution in [0.5, 0.6) is 0 Å². The zero-order chi connectivity index (χ0) is 9.14. The van der Waals surface area contributed by atoms with Crippen molar-refractivity contribution >= 4 is 11.8 Å². The first-order valence-electron chi connectivity index (χ1n) is 3.31. The average Bonchev–Trinajstić information content (AvgIpc) is 2.04. The molecule has 1 aromatic carbocycles. The second-order valence-corrected chi connectivity index (χ2v) is 2.27. The maximum absolute atomic E-state index is 10.7. The molecule has 0 fully saturated rings. The van der Waals surface area contributed by atoms with E-state index < -0.39 is 11.8 Å². The first-order valence-corrected chi connectivity index (χ1v) is 3.31. The van der Waals surface area contributed by atoms with Gasteiger partial charge >= 0.3 is 0 Å². The minimum absolute atomic E-state index is 0. The van der Waals surface area contributed by atoms with Crippen LogP contribution >= 0.6 is 0 Å². The Morgan fingerprint density at radius 1 is 0.923 bits per heavy atom. The molecule has 0 heterocycles. The first-order chi connectivity index (χ1) is 5.63. The molecule has 0 atom stereocenters. The standard InChI is InChI=1S/C8H8N2O2.Cu/c9-7(11)5-3-1-2-4-6(5)8(10)12;/h1-4H,(H2,9,11)(H2,10,12);. The number of carbonyl (C=O) groups excluding carboxylic acids is 2. The molecule has 1 rings (SSSR count). The number of nitrogens with two attached hydrogens (primary N) is 2. The molecule has 0 unspecified atom stereocenters. The van der Waals surface area contributed by atoms with Gasteiger partial charge in [-0.25, -0.2) is 0 Å². The van der Waals surface area contributed by atoms with Crippen LogP contribution < -0.4 is 11.5 Å². The quantitative estimate of drug-likeness (QED) is 0.691. The number of hydrogen-bond acceptors (Lipinski definition) is 2. The van der Waals surface area contributed by atoms with E-state index in [4.69, 9.17) is 11.5 Å². The van der Waals surface area contributed by atoms with Gasteiger partial charge in [-0.3, -0.25) is 9.59 Å². The molecule has 2 amide bonds. The van der Waals surface area contributed by atoms with Crippen LogP contribution in [-0.2, 0) is 17.1 Å². The fourth-order valence-electron chi connectivity index (χ4n) is 0.913. The molecule has 0 aromatic heterocycles. The maximum Gasteiger partial charge on any atom is 0.249 e. The van der Waals surface area contributed by atoms with Crippen LogP contribution in [0, 0.1) is 0 Å². The molecule has 0 aliphatic rings. The molecule has 73 valence electrons. The summed E-state index contributed by atoms with van der Waals surface area (Å²) in [5, 5.41) is 0. The van der Waals surface area contributed by atoms with Crippen LogP contribution in [0.4, 0.5) is 0 Å². The third kappa shape index (κ3) is 2.57. The van der Waals surface area contributed by atoms with Gasteiger partial charge in [-0.15, -0.1) is 0 Å². The van der Waals surface area contributed by atoms with Gasteiger partial charge < -0.3 is 11.5 Å². The number of primary amides is 2. The Labute approximate surface area is 85.8 Å². The van der Waals surface area contributed by atoms with E-state index >= 15 is 0 Å². The molecular formula is C8H8CuN2O2. The van der Waals surface area contributed by atoms with Crippen molar-refractivity contribution in [2.75, 3.05) is 0 Å². The summed E-state index contributed by atoms with van der Waals surface area (Å²) in [7, 11) is 0. The predicted molar refractivity (Wildman–Crippen MR) is 43.5 cm³/mol. The SMILES string of the molecule is NC(=O)c1ccccc1C(N)=O.[Cu]. The number of hydrogen-bond donors (Lipinski definition) is 2. The normalized spacial score (nSPS) is 8.62. The van der Waals surface area contributed by atoms with E-state index in [0.717, 1.165) is 0 Å². The van der Waals surface area contributed by atoms with Crippen molar-refractivity contribution in [3.63, 3.8) is 0 Å². The predicted octanol–water partition coefficient (Wildman–Crippen LogP) is -0.118. The molecule has 0 bridgehead atoms. The number of amides is 2. The van der Waals surface area contributed by atoms with Crippen molar-refractivity contribution in [3.8, 4) is 0 Å². The molecule has 13 heavy (non-hydrogen) atoms. The summed E-state index contributed by atoms with van der Waals surface area (Å²) in [5.74, 6) is -1.30. The van der Waals surface area contributed by atoms with E-state index in [1.807, 2.05) is 0 Å². The van der Waals surface area contributed by atoms with Crippen LogP contribution in [-0.4, -0.2) is 11.8 Å². The van der Waals surface area contributed by atoms with Crippen molar-refractivity contribution in [2.24, 2.45) is 11.5 Å². The van der Waals surface area contributed by atoms with E-state index in [2.05, 4.69) is 0 Å². The summed E-state index contributed by atoms with van der Waals surface area (Å²) >= 11 is 0. The molecule has 4 nitrogen and oxygen atoms in total. The number of rotatable bonds is 2. The minimum Gasteiger partial charge on any atom is -0.366 e. The van der Waals surface area contributed by atoms with E-state index in [1.54, 1.807) is 12.1 Å². The van der Waals surface area contributed by atoms with Crippen molar-refractivity contribution in [2.45, 2.75) is 0 Å². The summed E-state index contributed by atoms with van der Waals surface area (Å²) in [6.07, 6.45) is 0. The summed E-state index contributed by atoms with van der Waals surface area (Å²) in [6, 6.07) is 6.16. The summed E-state index contributed by atoms with van der Waals surface area (Å²) < 4.78 is 0. The smallest absolute Gasteiger partial charge is 0.249 e. The summed E-state index contributed by atoms with van der Waals surface area (Å²) in [4.78, 5) is 21.5. The van der Waals surface area contributed by atoms with Gasteiger partial charge in [0, 0.05) is 17.1 Å². The zero-order valence-corrected chi connectivity index (χ0v) is 7.52. The van der Waals surface area contributed by atoms with Crippen molar-refractivity contribution in [1.82, 2.24) is 0 Å². The van der Waals surface area contributed by atoms with Crippen LogP contribution in [0.25, 0.3) is 0 Å². The summed E-state index contributed by atoms with van der Waals surface area (Å²) in [6.45, 7) is 0. The Balaban J connectivity index is 0.00000144. The molecular weight excluding hydrogens is 220 g/mol. The van der Waals surface area contributed by atoms with Gasteiger partial charge in [0.2, 0.25) is 11.8 Å². The maximum atomic E-state index is 10.7. The molecule has 0 aliphatic heterocycles. The van der Waals surface area contributed by atoms with E-state index in [-0.39, 0.29) is 28.2 Å². The zero-order valence-electron chi connectivity index (χ0n) is 6.58. The Hall–Kier alpha value is -1.32. The van der Waals surface area contributed by atoms with Gasteiger partial charge in [0.15, 0.2) is 0 Å². The average molecular weight is 228 g/mol. The molecule has 0 saturated heterocycles. The fourth-order valence-corrected chi connectivity index (χ4v) is 0.913. The van der Waals surface area contributed by atoms with Gasteiger partial charge in [-0.2, -0.15) is 0 Å². The first kappa shape index (κ1) is 11.7. The van der Waals surface area contributed by atoms with E-state index in [9.17, 15) is 9.59 Å². The van der Waals surface area contributed by atoms with Gasteiger partial charge in [0.05, 0.1) is 11.1 Å². The Morgan fingerprint density at radius 2 is 1.23 bits per heavy atom. The Bertz CT molecular complexity index is 306. The third-order valence-electron chi connectivity index (χ3n) is 1.46. The number of carbonyl (C=O) groups is 2. The van der Waals surface area contributed by atoms with Crippen LogP contribution in [0.15, 0.2) is 24.3 Å². The summed E-state index contributed by atoms with van der Waals surface area (Å²) in [5.41, 5.74) is 10.3. The van der Waals surface area contributed by atoms with Gasteiger partial charge in [0.25, 0.3) is 0 Å². The Morgan fingerprint density at radius 3 is 1.46 bits per heavy atom. The Kier molecular flexibility index (Phi) is 4.17. The molecule has 0 spiro atoms. The minimum atomic E-state index is -0.649. The van der Waals surface area contributed by atoms with E-state index in [0.29, 0.717) is 0 Å². The third-order valence-corrected chi connectivity index (χ3v) is 1.46. The van der Waals surface area contributed by atoms with Crippen molar-refractivity contribution in [3.05, 3.63) is 35.4 Å². The molecule has 1 aromatic rings. The number of benzene rings is 1. The molecule has 4 N–H and O–H groups in total. The molecule has 1 radical (unpaired) electrons. The van der Waals surface area contributed by atoms with Crippen LogP contribution in [0.3, 0.4) is 0 Å².